The van der Waals surface area contributed by atoms with Crippen molar-refractivity contribution in [2.24, 2.45) is 9.98 Å². The van der Waals surface area contributed by atoms with Crippen LogP contribution < -0.4 is 0 Å². The van der Waals surface area contributed by atoms with Crippen molar-refractivity contribution in [1.82, 2.24) is 4.98 Å². The highest BCUT2D eigenvalue weighted by molar-refractivity contribution is 6.19. The normalized spacial score (nSPS) is 15.1. The Balaban J connectivity index is 1.21. The molecule has 1 atom stereocenters. The number of para-hydroxylation sites is 1. The molecule has 3 nitrogen and oxygen atoms in total. The van der Waals surface area contributed by atoms with Gasteiger partial charge in [0.15, 0.2) is 6.17 Å². The number of benzene rings is 6. The van der Waals surface area contributed by atoms with Crippen molar-refractivity contribution >= 4 is 43.9 Å². The van der Waals surface area contributed by atoms with Crippen LogP contribution in [0.25, 0.3) is 43.6 Å². The number of hydrogen-bond acceptors (Lipinski definition) is 3. The molecule has 0 spiro atoms. The fourth-order valence-electron chi connectivity index (χ4n) is 5.99. The molecule has 1 aliphatic rings. The van der Waals surface area contributed by atoms with E-state index < -0.39 is 0 Å². The third-order valence-electron chi connectivity index (χ3n) is 8.21. The maximum absolute atomic E-state index is 5.24. The molecule has 7 aromatic rings. The minimum atomic E-state index is -0.304. The number of nitrogens with zero attached hydrogens (tertiary/aromatic N) is 3. The van der Waals surface area contributed by atoms with E-state index in [0.29, 0.717) is 6.42 Å². The summed E-state index contributed by atoms with van der Waals surface area (Å²) in [5, 5.41) is 6.02. The zero-order valence-corrected chi connectivity index (χ0v) is 23.0. The van der Waals surface area contributed by atoms with E-state index in [1.807, 2.05) is 12.3 Å². The number of rotatable bonds is 4. The van der Waals surface area contributed by atoms with Crippen LogP contribution in [0.4, 0.5) is 0 Å². The van der Waals surface area contributed by atoms with Crippen molar-refractivity contribution in [3.05, 3.63) is 162 Å². The molecular weight excluding hydrogens is 510 g/mol. The Bertz CT molecular complexity index is 2170. The summed E-state index contributed by atoms with van der Waals surface area (Å²) in [5.41, 5.74) is 8.77. The van der Waals surface area contributed by atoms with Crippen molar-refractivity contribution in [2.75, 3.05) is 0 Å². The summed E-state index contributed by atoms with van der Waals surface area (Å²) >= 11 is 0. The minimum Gasteiger partial charge on any atom is -0.257 e. The molecule has 0 radical (unpaired) electrons. The number of aliphatic imine (C=N–C) groups is 2. The van der Waals surface area contributed by atoms with E-state index in [2.05, 4.69) is 138 Å². The molecule has 2 heterocycles. The van der Waals surface area contributed by atoms with Crippen molar-refractivity contribution in [2.45, 2.75) is 12.6 Å². The topological polar surface area (TPSA) is 37.6 Å². The van der Waals surface area contributed by atoms with Gasteiger partial charge >= 0.3 is 0 Å². The number of hydrogen-bond donors (Lipinski definition) is 0. The molecule has 1 unspecified atom stereocenters. The molecule has 0 bridgehead atoms. The van der Waals surface area contributed by atoms with Gasteiger partial charge in [-0.2, -0.15) is 0 Å². The third kappa shape index (κ3) is 4.46. The molecule has 0 saturated carbocycles. The maximum Gasteiger partial charge on any atom is 0.165 e. The molecule has 0 fully saturated rings. The Hall–Kier alpha value is -5.41. The molecule has 3 heteroatoms. The average Bonchev–Trinajstić information content (AvgIpc) is 3.07. The lowest BCUT2D eigenvalue weighted by atomic mass is 9.94. The fraction of sp³-hybridized carbons (Fsp3) is 0.0513. The Kier molecular flexibility index (Phi) is 5.93. The summed E-state index contributed by atoms with van der Waals surface area (Å²) in [4.78, 5) is 15.1. The van der Waals surface area contributed by atoms with Gasteiger partial charge in [-0.3, -0.25) is 15.0 Å². The van der Waals surface area contributed by atoms with Crippen LogP contribution in [0.3, 0.4) is 0 Å². The molecule has 1 aromatic heterocycles. The summed E-state index contributed by atoms with van der Waals surface area (Å²) in [7, 11) is 0. The molecule has 1 aliphatic heterocycles. The zero-order chi connectivity index (χ0) is 27.9. The standard InChI is InChI=1S/C39H27N3/c1-3-9-31-23-33(20-14-26(31)7-1)37-25-36(41-39(42-37)34-21-15-27-8-2-4-10-32(27)24-34)29-18-16-28(17-19-29)35-13-5-11-30-12-6-22-40-38(30)35/h1-24,39H,25H2. The fourth-order valence-corrected chi connectivity index (χ4v) is 5.99. The van der Waals surface area contributed by atoms with Crippen molar-refractivity contribution < 1.29 is 0 Å². The van der Waals surface area contributed by atoms with Gasteiger partial charge in [0, 0.05) is 23.6 Å². The van der Waals surface area contributed by atoms with Crippen LogP contribution in [0.5, 0.6) is 0 Å². The molecule has 0 amide bonds. The summed E-state index contributed by atoms with van der Waals surface area (Å²) in [5.74, 6) is 0. The molecule has 8 rings (SSSR count). The van der Waals surface area contributed by atoms with Gasteiger partial charge in [0.1, 0.15) is 0 Å². The Morgan fingerprint density at radius 2 is 1.05 bits per heavy atom. The first kappa shape index (κ1) is 24.4. The largest absolute Gasteiger partial charge is 0.257 e. The highest BCUT2D eigenvalue weighted by Gasteiger charge is 2.22. The van der Waals surface area contributed by atoms with E-state index in [4.69, 9.17) is 9.98 Å². The molecule has 0 aliphatic carbocycles. The SMILES string of the molecule is c1ccc2cc(C3=NC(c4ccc5ccccc5c4)N=C(c4ccc(-c5cccc6cccnc56)cc4)C3)ccc2c1. The predicted octanol–water partition coefficient (Wildman–Crippen LogP) is 9.59. The second-order valence-electron chi connectivity index (χ2n) is 10.8. The predicted molar refractivity (Wildman–Crippen MR) is 176 cm³/mol. The lowest BCUT2D eigenvalue weighted by Gasteiger charge is -2.22. The first-order chi connectivity index (χ1) is 20.8. The number of fused-ring (bicyclic) bond motifs is 3. The van der Waals surface area contributed by atoms with E-state index in [9.17, 15) is 0 Å². The van der Waals surface area contributed by atoms with E-state index in [-0.39, 0.29) is 6.17 Å². The third-order valence-corrected chi connectivity index (χ3v) is 8.21. The Morgan fingerprint density at radius 1 is 0.452 bits per heavy atom. The lowest BCUT2D eigenvalue weighted by molar-refractivity contribution is 0.765. The lowest BCUT2D eigenvalue weighted by Crippen LogP contribution is -2.18. The van der Waals surface area contributed by atoms with E-state index >= 15 is 0 Å². The van der Waals surface area contributed by atoms with Gasteiger partial charge in [-0.15, -0.1) is 0 Å². The van der Waals surface area contributed by atoms with Gasteiger partial charge in [-0.1, -0.05) is 121 Å². The summed E-state index contributed by atoms with van der Waals surface area (Å²) < 4.78 is 0. The molecular formula is C39H27N3. The van der Waals surface area contributed by atoms with Crippen molar-refractivity contribution in [3.63, 3.8) is 0 Å². The van der Waals surface area contributed by atoms with Crippen molar-refractivity contribution in [1.29, 1.82) is 0 Å². The second kappa shape index (κ2) is 10.2. The van der Waals surface area contributed by atoms with Crippen molar-refractivity contribution in [3.8, 4) is 11.1 Å². The van der Waals surface area contributed by atoms with Crippen LogP contribution in [-0.4, -0.2) is 16.4 Å². The van der Waals surface area contributed by atoms with Crippen LogP contribution in [0.15, 0.2) is 156 Å². The summed E-state index contributed by atoms with van der Waals surface area (Å²) in [6.45, 7) is 0. The Morgan fingerprint density at radius 3 is 1.83 bits per heavy atom. The molecule has 0 N–H and O–H groups in total. The maximum atomic E-state index is 5.24. The van der Waals surface area contributed by atoms with Crippen LogP contribution in [0.2, 0.25) is 0 Å². The van der Waals surface area contributed by atoms with Gasteiger partial charge in [-0.25, -0.2) is 0 Å². The smallest absolute Gasteiger partial charge is 0.165 e. The first-order valence-corrected chi connectivity index (χ1v) is 14.3. The van der Waals surface area contributed by atoms with E-state index in [0.717, 1.165) is 50.1 Å². The number of aromatic nitrogens is 1. The van der Waals surface area contributed by atoms with Gasteiger partial charge in [0.25, 0.3) is 0 Å². The molecule has 0 saturated heterocycles. The van der Waals surface area contributed by atoms with Crippen LogP contribution in [0.1, 0.15) is 29.3 Å². The van der Waals surface area contributed by atoms with Crippen LogP contribution >= 0.6 is 0 Å². The average molecular weight is 538 g/mol. The second-order valence-corrected chi connectivity index (χ2v) is 10.8. The van der Waals surface area contributed by atoms with E-state index in [1.54, 1.807) is 0 Å². The quantitative estimate of drug-likeness (QED) is 0.220. The highest BCUT2D eigenvalue weighted by Crippen LogP contribution is 2.32. The van der Waals surface area contributed by atoms with Gasteiger partial charge in [0.05, 0.1) is 16.9 Å². The van der Waals surface area contributed by atoms with Gasteiger partial charge < -0.3 is 0 Å². The van der Waals surface area contributed by atoms with Crippen LogP contribution in [-0.2, 0) is 0 Å². The van der Waals surface area contributed by atoms with Gasteiger partial charge in [0.2, 0.25) is 0 Å². The molecule has 42 heavy (non-hydrogen) atoms. The summed E-state index contributed by atoms with van der Waals surface area (Å²) in [6.07, 6.45) is 2.23. The molecule has 198 valence electrons. The number of pyridine rings is 1. The van der Waals surface area contributed by atoms with Crippen LogP contribution in [0, 0.1) is 0 Å². The first-order valence-electron chi connectivity index (χ1n) is 14.3. The summed E-state index contributed by atoms with van der Waals surface area (Å²) in [6, 6.07) is 49.3. The monoisotopic (exact) mass is 537 g/mol. The zero-order valence-electron chi connectivity index (χ0n) is 23.0. The Labute approximate surface area is 244 Å². The highest BCUT2D eigenvalue weighted by atomic mass is 15.0. The minimum absolute atomic E-state index is 0.304. The van der Waals surface area contributed by atoms with E-state index in [1.165, 1.54) is 21.5 Å². The van der Waals surface area contributed by atoms with Gasteiger partial charge in [-0.05, 0) is 62.0 Å². The molecule has 6 aromatic carbocycles.